The zero-order valence-corrected chi connectivity index (χ0v) is 15.9. The highest BCUT2D eigenvalue weighted by Gasteiger charge is 2.24. The second-order valence-electron chi connectivity index (χ2n) is 7.49. The summed E-state index contributed by atoms with van der Waals surface area (Å²) in [7, 11) is 0. The molecule has 0 aromatic heterocycles. The Morgan fingerprint density at radius 3 is 2.00 bits per heavy atom. The van der Waals surface area contributed by atoms with E-state index in [1.165, 1.54) is 51.4 Å². The molecule has 0 aliphatic carbocycles. The second kappa shape index (κ2) is 11.2. The van der Waals surface area contributed by atoms with E-state index in [0.717, 1.165) is 11.8 Å². The fourth-order valence-electron chi connectivity index (χ4n) is 3.13. The summed E-state index contributed by atoms with van der Waals surface area (Å²) in [5.74, 6) is 9.47. The highest BCUT2D eigenvalue weighted by atomic mass is 14.3. The Labute approximate surface area is 135 Å². The first-order valence-electron chi connectivity index (χ1n) is 9.43. The van der Waals surface area contributed by atoms with Gasteiger partial charge in [0.25, 0.3) is 0 Å². The van der Waals surface area contributed by atoms with E-state index in [1.54, 1.807) is 0 Å². The van der Waals surface area contributed by atoms with Gasteiger partial charge in [-0.1, -0.05) is 86.0 Å². The van der Waals surface area contributed by atoms with Crippen molar-refractivity contribution in [1.82, 2.24) is 0 Å². The lowest BCUT2D eigenvalue weighted by molar-refractivity contribution is 0.302. The molecule has 0 heteroatoms. The maximum absolute atomic E-state index is 3.75. The minimum atomic E-state index is 0.282. The van der Waals surface area contributed by atoms with Crippen molar-refractivity contribution >= 4 is 0 Å². The second-order valence-corrected chi connectivity index (χ2v) is 7.49. The summed E-state index contributed by atoms with van der Waals surface area (Å²) in [6, 6.07) is 0. The lowest BCUT2D eigenvalue weighted by Crippen LogP contribution is -2.18. The van der Waals surface area contributed by atoms with E-state index in [4.69, 9.17) is 0 Å². The molecule has 0 aliphatic rings. The van der Waals surface area contributed by atoms with Crippen LogP contribution in [0.15, 0.2) is 0 Å². The molecular formula is C21H40. The Hall–Kier alpha value is -0.440. The average Bonchev–Trinajstić information content (AvgIpc) is 2.44. The Morgan fingerprint density at radius 2 is 1.52 bits per heavy atom. The normalized spacial score (nSPS) is 17.0. The molecule has 21 heavy (non-hydrogen) atoms. The first kappa shape index (κ1) is 20.6. The summed E-state index contributed by atoms with van der Waals surface area (Å²) in [4.78, 5) is 0. The van der Waals surface area contributed by atoms with Crippen molar-refractivity contribution in [2.75, 3.05) is 0 Å². The van der Waals surface area contributed by atoms with E-state index in [1.807, 2.05) is 0 Å². The van der Waals surface area contributed by atoms with Gasteiger partial charge in [-0.25, -0.2) is 0 Å². The van der Waals surface area contributed by atoms with Crippen molar-refractivity contribution in [3.8, 4) is 11.8 Å². The molecule has 3 atom stereocenters. The molecule has 0 bridgehead atoms. The van der Waals surface area contributed by atoms with Gasteiger partial charge in [0.05, 0.1) is 0 Å². The first-order valence-corrected chi connectivity index (χ1v) is 9.43. The maximum Gasteiger partial charge on any atom is 0.0312 e. The molecule has 0 aromatic carbocycles. The molecule has 0 N–H and O–H groups in total. The van der Waals surface area contributed by atoms with Gasteiger partial charge in [-0.3, -0.25) is 0 Å². The standard InChI is InChI=1S/C21H40/c1-8-12-19(6)20(7)14-17-21(10-3,15-9-2)16-11-13-18(4)5/h18-20H,8-13,15-16H2,1-7H3. The van der Waals surface area contributed by atoms with Gasteiger partial charge >= 0.3 is 0 Å². The van der Waals surface area contributed by atoms with E-state index in [-0.39, 0.29) is 5.41 Å². The molecule has 0 fully saturated rings. The highest BCUT2D eigenvalue weighted by Crippen LogP contribution is 2.34. The summed E-state index contributed by atoms with van der Waals surface area (Å²) >= 11 is 0. The molecule has 0 saturated heterocycles. The molecule has 0 radical (unpaired) electrons. The van der Waals surface area contributed by atoms with Gasteiger partial charge in [-0.15, -0.1) is 0 Å². The quantitative estimate of drug-likeness (QED) is 0.377. The van der Waals surface area contributed by atoms with Crippen molar-refractivity contribution in [3.63, 3.8) is 0 Å². The topological polar surface area (TPSA) is 0 Å². The van der Waals surface area contributed by atoms with Crippen LogP contribution in [-0.2, 0) is 0 Å². The summed E-state index contributed by atoms with van der Waals surface area (Å²) in [5.41, 5.74) is 0.282. The lowest BCUT2D eigenvalue weighted by atomic mass is 9.76. The Bertz CT molecular complexity index is 304. The van der Waals surface area contributed by atoms with E-state index < -0.39 is 0 Å². The summed E-state index contributed by atoms with van der Waals surface area (Å²) in [5, 5.41) is 0. The third-order valence-electron chi connectivity index (χ3n) is 5.00. The van der Waals surface area contributed by atoms with Gasteiger partial charge < -0.3 is 0 Å². The van der Waals surface area contributed by atoms with Crippen LogP contribution in [0.4, 0.5) is 0 Å². The van der Waals surface area contributed by atoms with Crippen molar-refractivity contribution < 1.29 is 0 Å². The largest absolute Gasteiger partial charge is 0.0993 e. The molecule has 3 unspecified atom stereocenters. The van der Waals surface area contributed by atoms with Gasteiger partial charge in [0.2, 0.25) is 0 Å². The van der Waals surface area contributed by atoms with E-state index >= 15 is 0 Å². The van der Waals surface area contributed by atoms with Crippen LogP contribution in [0, 0.1) is 35.0 Å². The van der Waals surface area contributed by atoms with Crippen LogP contribution in [0.5, 0.6) is 0 Å². The number of rotatable bonds is 10. The van der Waals surface area contributed by atoms with Crippen molar-refractivity contribution in [2.45, 2.75) is 99.8 Å². The van der Waals surface area contributed by atoms with Crippen LogP contribution in [0.25, 0.3) is 0 Å². The van der Waals surface area contributed by atoms with Crippen LogP contribution >= 0.6 is 0 Å². The minimum Gasteiger partial charge on any atom is -0.0993 e. The van der Waals surface area contributed by atoms with Crippen molar-refractivity contribution in [2.24, 2.45) is 23.2 Å². The van der Waals surface area contributed by atoms with Crippen LogP contribution in [0.2, 0.25) is 0 Å². The third kappa shape index (κ3) is 8.55. The van der Waals surface area contributed by atoms with Gasteiger partial charge in [0.15, 0.2) is 0 Å². The smallest absolute Gasteiger partial charge is 0.0312 e. The molecule has 0 heterocycles. The van der Waals surface area contributed by atoms with Gasteiger partial charge in [-0.05, 0) is 37.5 Å². The molecule has 0 spiro atoms. The first-order chi connectivity index (χ1) is 9.90. The summed E-state index contributed by atoms with van der Waals surface area (Å²) in [6.07, 6.45) is 10.3. The van der Waals surface area contributed by atoms with Crippen LogP contribution < -0.4 is 0 Å². The van der Waals surface area contributed by atoms with Gasteiger partial charge in [-0.2, -0.15) is 0 Å². The molecular weight excluding hydrogens is 252 g/mol. The van der Waals surface area contributed by atoms with Crippen LogP contribution in [-0.4, -0.2) is 0 Å². The number of hydrogen-bond donors (Lipinski definition) is 0. The van der Waals surface area contributed by atoms with E-state index in [0.29, 0.717) is 5.92 Å². The Morgan fingerprint density at radius 1 is 0.857 bits per heavy atom. The van der Waals surface area contributed by atoms with Crippen molar-refractivity contribution in [3.05, 3.63) is 0 Å². The summed E-state index contributed by atoms with van der Waals surface area (Å²) < 4.78 is 0. The molecule has 0 aromatic rings. The molecule has 0 saturated carbocycles. The third-order valence-corrected chi connectivity index (χ3v) is 5.00. The number of hydrogen-bond acceptors (Lipinski definition) is 0. The van der Waals surface area contributed by atoms with Gasteiger partial charge in [0.1, 0.15) is 0 Å². The fraction of sp³-hybridized carbons (Fsp3) is 0.905. The predicted octanol–water partition coefficient (Wildman–Crippen LogP) is 7.08. The van der Waals surface area contributed by atoms with E-state index in [9.17, 15) is 0 Å². The van der Waals surface area contributed by atoms with E-state index in [2.05, 4.69) is 60.3 Å². The van der Waals surface area contributed by atoms with Crippen LogP contribution in [0.3, 0.4) is 0 Å². The molecule has 0 nitrogen and oxygen atoms in total. The molecule has 124 valence electrons. The SMILES string of the molecule is CCCC(C)C(C)C#CC(CC)(CCC)CCCC(C)C. The minimum absolute atomic E-state index is 0.282. The molecule has 0 rings (SSSR count). The predicted molar refractivity (Wildman–Crippen MR) is 97.3 cm³/mol. The van der Waals surface area contributed by atoms with Crippen LogP contribution in [0.1, 0.15) is 99.8 Å². The molecule has 0 aliphatic heterocycles. The highest BCUT2D eigenvalue weighted by molar-refractivity contribution is 5.14. The zero-order valence-electron chi connectivity index (χ0n) is 15.9. The lowest BCUT2D eigenvalue weighted by Gasteiger charge is -2.28. The fourth-order valence-corrected chi connectivity index (χ4v) is 3.13. The Kier molecular flexibility index (Phi) is 10.9. The monoisotopic (exact) mass is 292 g/mol. The van der Waals surface area contributed by atoms with Gasteiger partial charge in [0, 0.05) is 11.3 Å². The Balaban J connectivity index is 4.81. The van der Waals surface area contributed by atoms with Crippen molar-refractivity contribution in [1.29, 1.82) is 0 Å². The molecule has 0 amide bonds. The maximum atomic E-state index is 3.75. The summed E-state index contributed by atoms with van der Waals surface area (Å²) in [6.45, 7) is 16.2. The average molecular weight is 293 g/mol. The zero-order chi connectivity index (χ0) is 16.3.